The number of methoxy groups -OCH3 is 1. The van der Waals surface area contributed by atoms with Crippen molar-refractivity contribution in [1.29, 1.82) is 0 Å². The lowest BCUT2D eigenvalue weighted by atomic mass is 9.76. The predicted octanol–water partition coefficient (Wildman–Crippen LogP) is 4.44. The Bertz CT molecular complexity index is 618. The molecule has 0 aliphatic heterocycles. The van der Waals surface area contributed by atoms with Gasteiger partial charge < -0.3 is 10.1 Å². The Morgan fingerprint density at radius 3 is 2.45 bits per heavy atom. The van der Waals surface area contributed by atoms with E-state index in [0.29, 0.717) is 16.2 Å². The Kier molecular flexibility index (Phi) is 5.29. The van der Waals surface area contributed by atoms with E-state index >= 15 is 0 Å². The molecule has 1 aliphatic rings. The van der Waals surface area contributed by atoms with Crippen molar-refractivity contribution >= 4 is 39.6 Å². The Morgan fingerprint density at radius 2 is 1.91 bits per heavy atom. The molecule has 0 unspecified atom stereocenters. The van der Waals surface area contributed by atoms with Gasteiger partial charge in [-0.15, -0.1) is 11.8 Å². The number of hydrogen-bond donors (Lipinski definition) is 1. The molecule has 1 aromatic carbocycles. The monoisotopic (exact) mass is 335 g/mol. The molecule has 2 rings (SSSR count). The molecule has 0 radical (unpaired) electrons. The Labute approximate surface area is 141 Å². The van der Waals surface area contributed by atoms with Crippen LogP contribution in [0.5, 0.6) is 5.75 Å². The molecule has 0 bridgehead atoms. The molecule has 1 aliphatic carbocycles. The smallest absolute Gasteiger partial charge is 0.167 e. The first kappa shape index (κ1) is 17.0. The molecule has 0 spiro atoms. The maximum absolute atomic E-state index is 12.5. The van der Waals surface area contributed by atoms with Gasteiger partial charge in [0.15, 0.2) is 5.78 Å². The second kappa shape index (κ2) is 6.84. The third-order valence-corrected chi connectivity index (χ3v) is 4.93. The molecule has 1 N–H and O–H groups in total. The van der Waals surface area contributed by atoms with Gasteiger partial charge in [0, 0.05) is 17.8 Å². The molecule has 0 saturated heterocycles. The Morgan fingerprint density at radius 1 is 1.27 bits per heavy atom. The van der Waals surface area contributed by atoms with Crippen molar-refractivity contribution in [1.82, 2.24) is 0 Å². The maximum atomic E-state index is 12.5. The number of carbonyl (C=O) groups excluding carboxylic acids is 1. The lowest BCUT2D eigenvalue weighted by molar-refractivity contribution is -0.117. The molecule has 0 fully saturated rings. The van der Waals surface area contributed by atoms with Gasteiger partial charge in [-0.25, -0.2) is 0 Å². The lowest BCUT2D eigenvalue weighted by Gasteiger charge is -2.32. The molecule has 118 valence electrons. The van der Waals surface area contributed by atoms with Gasteiger partial charge >= 0.3 is 0 Å². The van der Waals surface area contributed by atoms with E-state index in [1.807, 2.05) is 30.5 Å². The molecule has 0 saturated carbocycles. The summed E-state index contributed by atoms with van der Waals surface area (Å²) in [5.41, 5.74) is 2.48. The number of thiocarbonyl (C=S) groups is 1. The minimum absolute atomic E-state index is 0.0522. The van der Waals surface area contributed by atoms with Crippen molar-refractivity contribution in [2.24, 2.45) is 5.41 Å². The van der Waals surface area contributed by atoms with Crippen LogP contribution in [0.1, 0.15) is 26.7 Å². The van der Waals surface area contributed by atoms with Crippen LogP contribution in [0.15, 0.2) is 35.5 Å². The normalized spacial score (nSPS) is 17.4. The van der Waals surface area contributed by atoms with Crippen LogP contribution in [0.2, 0.25) is 0 Å². The molecule has 0 heterocycles. The first-order chi connectivity index (χ1) is 10.4. The summed E-state index contributed by atoms with van der Waals surface area (Å²) in [5.74, 6) is 0.936. The lowest BCUT2D eigenvalue weighted by Crippen LogP contribution is -2.30. The van der Waals surface area contributed by atoms with Crippen LogP contribution in [0.25, 0.3) is 0 Å². The summed E-state index contributed by atoms with van der Waals surface area (Å²) < 4.78 is 5.83. The number of thioether (sulfide) groups is 1. The van der Waals surface area contributed by atoms with Crippen molar-refractivity contribution in [3.8, 4) is 5.75 Å². The minimum Gasteiger partial charge on any atom is -0.497 e. The fourth-order valence-corrected chi connectivity index (χ4v) is 3.29. The summed E-state index contributed by atoms with van der Waals surface area (Å²) in [6.07, 6.45) is 3.25. The average Bonchev–Trinajstić information content (AvgIpc) is 2.46. The van der Waals surface area contributed by atoms with Crippen molar-refractivity contribution < 1.29 is 9.53 Å². The van der Waals surface area contributed by atoms with E-state index in [0.717, 1.165) is 23.6 Å². The summed E-state index contributed by atoms with van der Waals surface area (Å²) in [6, 6.07) is 7.67. The van der Waals surface area contributed by atoms with Gasteiger partial charge in [0.05, 0.1) is 16.9 Å². The van der Waals surface area contributed by atoms with Crippen LogP contribution in [-0.4, -0.2) is 23.3 Å². The second-order valence-corrected chi connectivity index (χ2v) is 7.62. The summed E-state index contributed by atoms with van der Waals surface area (Å²) in [7, 11) is 1.64. The topological polar surface area (TPSA) is 38.3 Å². The fourth-order valence-electron chi connectivity index (χ4n) is 2.62. The molecule has 3 nitrogen and oxygen atoms in total. The van der Waals surface area contributed by atoms with E-state index in [1.54, 1.807) is 7.11 Å². The van der Waals surface area contributed by atoms with Gasteiger partial charge in [-0.2, -0.15) is 0 Å². The van der Waals surface area contributed by atoms with Gasteiger partial charge in [-0.3, -0.25) is 4.79 Å². The first-order valence-electron chi connectivity index (χ1n) is 7.12. The highest BCUT2D eigenvalue weighted by Crippen LogP contribution is 2.38. The van der Waals surface area contributed by atoms with Crippen molar-refractivity contribution in [2.75, 3.05) is 18.7 Å². The minimum atomic E-state index is -0.0522. The van der Waals surface area contributed by atoms with Crippen LogP contribution in [0, 0.1) is 5.41 Å². The van der Waals surface area contributed by atoms with Crippen LogP contribution in [-0.2, 0) is 4.79 Å². The SMILES string of the molecule is COc1ccc(NC2=C(C(=S)SC)C(=O)CC(C)(C)C2)cc1. The highest BCUT2D eigenvalue weighted by atomic mass is 32.2. The van der Waals surface area contributed by atoms with Gasteiger partial charge in [0.1, 0.15) is 5.75 Å². The molecule has 0 atom stereocenters. The zero-order valence-corrected chi connectivity index (χ0v) is 15.0. The van der Waals surface area contributed by atoms with Crippen molar-refractivity contribution in [2.45, 2.75) is 26.7 Å². The zero-order chi connectivity index (χ0) is 16.3. The summed E-state index contributed by atoms with van der Waals surface area (Å²) in [4.78, 5) is 12.5. The van der Waals surface area contributed by atoms with Crippen molar-refractivity contribution in [3.63, 3.8) is 0 Å². The number of benzene rings is 1. The maximum Gasteiger partial charge on any atom is 0.167 e. The summed E-state index contributed by atoms with van der Waals surface area (Å²) >= 11 is 6.83. The number of nitrogens with one attached hydrogen (secondary N) is 1. The van der Waals surface area contributed by atoms with Gasteiger partial charge in [0.25, 0.3) is 0 Å². The largest absolute Gasteiger partial charge is 0.497 e. The van der Waals surface area contributed by atoms with Gasteiger partial charge in [-0.05, 0) is 42.4 Å². The standard InChI is InChI=1S/C17H21NO2S2/c1-17(2)9-13(15(14(19)10-17)16(21)22-4)18-11-5-7-12(20-3)8-6-11/h5-8,18H,9-10H2,1-4H3. The van der Waals surface area contributed by atoms with E-state index in [1.165, 1.54) is 11.8 Å². The average molecular weight is 335 g/mol. The molecule has 5 heteroatoms. The van der Waals surface area contributed by atoms with Gasteiger partial charge in [0.2, 0.25) is 0 Å². The first-order valence-corrected chi connectivity index (χ1v) is 8.75. The Balaban J connectivity index is 2.36. The fraction of sp³-hybridized carbons (Fsp3) is 0.412. The van der Waals surface area contributed by atoms with E-state index < -0.39 is 0 Å². The van der Waals surface area contributed by atoms with E-state index in [-0.39, 0.29) is 11.2 Å². The molecular weight excluding hydrogens is 314 g/mol. The highest BCUT2D eigenvalue weighted by molar-refractivity contribution is 8.23. The number of ketones is 1. The Hall–Kier alpha value is -1.33. The number of ether oxygens (including phenoxy) is 1. The third-order valence-electron chi connectivity index (χ3n) is 3.65. The van der Waals surface area contributed by atoms with Crippen LogP contribution in [0.3, 0.4) is 0 Å². The highest BCUT2D eigenvalue weighted by Gasteiger charge is 2.34. The zero-order valence-electron chi connectivity index (χ0n) is 13.4. The van der Waals surface area contributed by atoms with E-state index in [4.69, 9.17) is 17.0 Å². The van der Waals surface area contributed by atoms with E-state index in [2.05, 4.69) is 19.2 Å². The number of allylic oxidation sites excluding steroid dienone is 1. The third kappa shape index (κ3) is 3.90. The quantitative estimate of drug-likeness (QED) is 0.824. The number of rotatable bonds is 4. The van der Waals surface area contributed by atoms with Crippen LogP contribution >= 0.6 is 24.0 Å². The summed E-state index contributed by atoms with van der Waals surface area (Å²) in [5, 5.41) is 3.39. The van der Waals surface area contributed by atoms with Crippen LogP contribution < -0.4 is 10.1 Å². The molecular formula is C17H21NO2S2. The predicted molar refractivity (Wildman–Crippen MR) is 97.8 cm³/mol. The molecule has 22 heavy (non-hydrogen) atoms. The van der Waals surface area contributed by atoms with Gasteiger partial charge in [-0.1, -0.05) is 26.1 Å². The van der Waals surface area contributed by atoms with Crippen LogP contribution in [0.4, 0.5) is 5.69 Å². The number of hydrogen-bond acceptors (Lipinski definition) is 5. The number of anilines is 1. The summed E-state index contributed by atoms with van der Waals surface area (Å²) in [6.45, 7) is 4.22. The number of Topliss-reactive ketones (excluding diaryl/α,β-unsaturated/α-hetero) is 1. The number of carbonyl (C=O) groups is 1. The van der Waals surface area contributed by atoms with Crippen molar-refractivity contribution in [3.05, 3.63) is 35.5 Å². The second-order valence-electron chi connectivity index (χ2n) is 6.14. The van der Waals surface area contributed by atoms with E-state index in [9.17, 15) is 4.79 Å². The molecule has 0 amide bonds. The molecule has 0 aromatic heterocycles. The molecule has 1 aromatic rings.